The summed E-state index contributed by atoms with van der Waals surface area (Å²) in [4.78, 5) is 4.93. The summed E-state index contributed by atoms with van der Waals surface area (Å²) in [5, 5.41) is 2.32. The van der Waals surface area contributed by atoms with Crippen LogP contribution >= 0.6 is 0 Å². The first-order valence-corrected chi connectivity index (χ1v) is 26.5. The zero-order valence-corrected chi connectivity index (χ0v) is 45.5. The zero-order valence-electron chi connectivity index (χ0n) is 45.5. The molecule has 0 radical (unpaired) electrons. The molecular weight excluding hydrogens is 913 g/mol. The van der Waals surface area contributed by atoms with E-state index in [1.54, 1.807) is 0 Å². The molecule has 4 heterocycles. The van der Waals surface area contributed by atoms with Gasteiger partial charge in [0.05, 0.1) is 33.4 Å². The van der Waals surface area contributed by atoms with Crippen LogP contribution in [0.5, 0.6) is 11.5 Å². The number of benzene rings is 8. The summed E-state index contributed by atoms with van der Waals surface area (Å²) in [5.41, 5.74) is 20.7. The summed E-state index contributed by atoms with van der Waals surface area (Å²) >= 11 is 0. The SMILES string of the molecule is CC(C)(C)c1cc(-c2cccc3c2-[n+]2[c-]n(-c4cccc(Oc5ccc6c7ccccc7n(-c7cc(C(C)(C)C)ccn7)c6c5)c4)c4cccc(c42)-c2cc(C(C)(C)C)ccc2-c2ccccc2-3)cc(C(C)(C)C)c1. The molecule has 0 unspecified atom stereocenters. The van der Waals surface area contributed by atoms with Crippen LogP contribution in [-0.4, -0.2) is 14.1 Å². The highest BCUT2D eigenvalue weighted by atomic mass is 16.5. The van der Waals surface area contributed by atoms with Gasteiger partial charge in [-0.2, -0.15) is 0 Å². The van der Waals surface area contributed by atoms with E-state index in [0.29, 0.717) is 0 Å². The minimum Gasteiger partial charge on any atom is -0.458 e. The topological polar surface area (TPSA) is 35.9 Å². The Hall–Kier alpha value is -8.02. The average Bonchev–Trinajstić information content (AvgIpc) is 3.95. The number of hydrogen-bond donors (Lipinski definition) is 0. The Morgan fingerprint density at radius 3 is 1.72 bits per heavy atom. The molecule has 11 aromatic rings. The Labute approximate surface area is 442 Å². The lowest BCUT2D eigenvalue weighted by molar-refractivity contribution is -0.570. The highest BCUT2D eigenvalue weighted by Crippen LogP contribution is 2.47. The van der Waals surface area contributed by atoms with Gasteiger partial charge in [0.15, 0.2) is 0 Å². The summed E-state index contributed by atoms with van der Waals surface area (Å²) < 4.78 is 13.8. The van der Waals surface area contributed by atoms with Gasteiger partial charge in [0.25, 0.3) is 6.33 Å². The van der Waals surface area contributed by atoms with Crippen LogP contribution in [0, 0.1) is 6.33 Å². The summed E-state index contributed by atoms with van der Waals surface area (Å²) in [5.74, 6) is 2.36. The van der Waals surface area contributed by atoms with Crippen molar-refractivity contribution in [2.24, 2.45) is 0 Å². The Balaban J connectivity index is 1.08. The molecule has 0 bridgehead atoms. The van der Waals surface area contributed by atoms with Gasteiger partial charge in [0.2, 0.25) is 0 Å². The van der Waals surface area contributed by atoms with Crippen molar-refractivity contribution in [3.8, 4) is 73.2 Å². The average molecular weight is 979 g/mol. The fourth-order valence-corrected chi connectivity index (χ4v) is 11.1. The molecule has 0 spiro atoms. The van der Waals surface area contributed by atoms with Gasteiger partial charge in [0, 0.05) is 23.0 Å². The zero-order chi connectivity index (χ0) is 52.3. The Bertz CT molecular complexity index is 4050. The minimum atomic E-state index is -0.0658. The predicted octanol–water partition coefficient (Wildman–Crippen LogP) is 18.2. The van der Waals surface area contributed by atoms with E-state index in [1.165, 1.54) is 55.5 Å². The van der Waals surface area contributed by atoms with Crippen LogP contribution in [0.3, 0.4) is 0 Å². The number of fused-ring (bicyclic) bond motifs is 10. The van der Waals surface area contributed by atoms with Gasteiger partial charge in [-0.1, -0.05) is 204 Å². The van der Waals surface area contributed by atoms with Crippen LogP contribution in [0.15, 0.2) is 182 Å². The van der Waals surface area contributed by atoms with Crippen molar-refractivity contribution in [3.05, 3.63) is 211 Å². The Morgan fingerprint density at radius 2 is 0.987 bits per heavy atom. The third kappa shape index (κ3) is 8.34. The van der Waals surface area contributed by atoms with Crippen LogP contribution < -0.4 is 9.30 Å². The lowest BCUT2D eigenvalue weighted by Gasteiger charge is -2.27. The number of nitrogens with zero attached hydrogens (tertiary/aromatic N) is 4. The highest BCUT2D eigenvalue weighted by molar-refractivity contribution is 6.09. The van der Waals surface area contributed by atoms with Crippen LogP contribution in [0.2, 0.25) is 0 Å². The van der Waals surface area contributed by atoms with Gasteiger partial charge in [-0.05, 0) is 137 Å². The predicted molar refractivity (Wildman–Crippen MR) is 312 cm³/mol. The molecule has 0 saturated carbocycles. The smallest absolute Gasteiger partial charge is 0.269 e. The molecule has 0 aliphatic carbocycles. The molecule has 75 heavy (non-hydrogen) atoms. The number of aromatic nitrogens is 4. The number of pyridine rings is 1. The normalized spacial score (nSPS) is 12.8. The first kappa shape index (κ1) is 48.0. The summed E-state index contributed by atoms with van der Waals surface area (Å²) in [6, 6.07) is 64.7. The lowest BCUT2D eigenvalue weighted by Crippen LogP contribution is -2.32. The molecule has 5 nitrogen and oxygen atoms in total. The molecule has 0 amide bonds. The first-order chi connectivity index (χ1) is 35.7. The quantitative estimate of drug-likeness (QED) is 0.127. The highest BCUT2D eigenvalue weighted by Gasteiger charge is 2.29. The van der Waals surface area contributed by atoms with E-state index in [0.717, 1.165) is 72.8 Å². The van der Waals surface area contributed by atoms with E-state index in [9.17, 15) is 0 Å². The molecule has 1 aliphatic heterocycles. The maximum atomic E-state index is 6.92. The van der Waals surface area contributed by atoms with Crippen LogP contribution in [0.1, 0.15) is 105 Å². The maximum absolute atomic E-state index is 6.92. The van der Waals surface area contributed by atoms with Crippen LogP contribution in [0.25, 0.3) is 94.5 Å². The van der Waals surface area contributed by atoms with Crippen LogP contribution in [0.4, 0.5) is 0 Å². The molecule has 0 saturated heterocycles. The van der Waals surface area contributed by atoms with Gasteiger partial charge in [-0.15, -0.1) is 0 Å². The van der Waals surface area contributed by atoms with E-state index in [-0.39, 0.29) is 21.7 Å². The standard InChI is InChI=1S/C70H66N4O/c1-67(2,3)45-30-32-55-53-22-13-14-23-54(53)58-26-18-25-52(44-36-47(69(7,8)9)38-48(37-44)70(10,11)12)65(58)73-43-72(62-29-19-27-59(66(62)73)60(55)39-45)49-20-17-21-50(41-49)75-51-31-33-57-56-24-15-16-28-61(56)74(63(57)42-51)64-40-46(34-35-71-64)68(4,5)6/h13-42H,1-12H3. The van der Waals surface area contributed by atoms with E-state index >= 15 is 0 Å². The van der Waals surface area contributed by atoms with Gasteiger partial charge >= 0.3 is 0 Å². The fourth-order valence-electron chi connectivity index (χ4n) is 11.1. The van der Waals surface area contributed by atoms with Crippen molar-refractivity contribution in [3.63, 3.8) is 0 Å². The summed E-state index contributed by atoms with van der Waals surface area (Å²) in [6.45, 7) is 27.6. The molecule has 12 rings (SSSR count). The first-order valence-electron chi connectivity index (χ1n) is 26.5. The molecule has 0 fully saturated rings. The molecular formula is C70H66N4O. The van der Waals surface area contributed by atoms with E-state index in [4.69, 9.17) is 9.72 Å². The minimum absolute atomic E-state index is 0.0277. The largest absolute Gasteiger partial charge is 0.458 e. The van der Waals surface area contributed by atoms with Crippen molar-refractivity contribution in [1.29, 1.82) is 0 Å². The van der Waals surface area contributed by atoms with E-state index in [1.807, 2.05) is 12.3 Å². The van der Waals surface area contributed by atoms with E-state index < -0.39 is 0 Å². The van der Waals surface area contributed by atoms with Crippen LogP contribution in [-0.2, 0) is 21.7 Å². The number of rotatable bonds is 5. The van der Waals surface area contributed by atoms with Crippen molar-refractivity contribution in [2.75, 3.05) is 0 Å². The molecule has 5 heteroatoms. The monoisotopic (exact) mass is 979 g/mol. The number of imidazole rings is 1. The summed E-state index contributed by atoms with van der Waals surface area (Å²) in [6.07, 6.45) is 5.97. The molecule has 0 atom stereocenters. The van der Waals surface area contributed by atoms with Crippen molar-refractivity contribution in [1.82, 2.24) is 14.1 Å². The second kappa shape index (κ2) is 17.3. The molecule has 372 valence electrons. The number of ether oxygens (including phenoxy) is 1. The van der Waals surface area contributed by atoms with Crippen molar-refractivity contribution >= 4 is 32.8 Å². The van der Waals surface area contributed by atoms with Gasteiger partial charge in [0.1, 0.15) is 17.3 Å². The van der Waals surface area contributed by atoms with Gasteiger partial charge < -0.3 is 4.74 Å². The Kier molecular flexibility index (Phi) is 11.0. The Morgan fingerprint density at radius 1 is 0.413 bits per heavy atom. The molecule has 0 N–H and O–H groups in total. The number of hydrogen-bond acceptors (Lipinski definition) is 2. The van der Waals surface area contributed by atoms with Crippen molar-refractivity contribution in [2.45, 2.75) is 105 Å². The maximum Gasteiger partial charge on any atom is 0.269 e. The second-order valence-corrected chi connectivity index (χ2v) is 24.8. The molecule has 8 aromatic carbocycles. The lowest BCUT2D eigenvalue weighted by atomic mass is 9.78. The fraction of sp³-hybridized carbons (Fsp3) is 0.229. The van der Waals surface area contributed by atoms with Crippen molar-refractivity contribution < 1.29 is 9.30 Å². The third-order valence-electron chi connectivity index (χ3n) is 15.4. The van der Waals surface area contributed by atoms with E-state index in [2.05, 4.69) is 273 Å². The number of para-hydroxylation sites is 3. The third-order valence-corrected chi connectivity index (χ3v) is 15.4. The van der Waals surface area contributed by atoms with Gasteiger partial charge in [-0.3, -0.25) is 13.7 Å². The van der Waals surface area contributed by atoms with Gasteiger partial charge in [-0.25, -0.2) is 4.98 Å². The second-order valence-electron chi connectivity index (χ2n) is 24.8. The summed E-state index contributed by atoms with van der Waals surface area (Å²) in [7, 11) is 0. The molecule has 3 aromatic heterocycles. The molecule has 1 aliphatic rings.